The second kappa shape index (κ2) is 8.46. The third-order valence-corrected chi connectivity index (χ3v) is 4.77. The van der Waals surface area contributed by atoms with Crippen molar-refractivity contribution in [2.24, 2.45) is 0 Å². The zero-order chi connectivity index (χ0) is 21.1. The number of aromatic nitrogens is 4. The summed E-state index contributed by atoms with van der Waals surface area (Å²) in [6, 6.07) is 10.6. The van der Waals surface area contributed by atoms with Crippen LogP contribution in [0.1, 0.15) is 37.2 Å². The van der Waals surface area contributed by atoms with Crippen LogP contribution in [-0.4, -0.2) is 50.1 Å². The fraction of sp³-hybridized carbons (Fsp3) is 0.350. The van der Waals surface area contributed by atoms with E-state index in [4.69, 9.17) is 9.26 Å². The third kappa shape index (κ3) is 4.23. The van der Waals surface area contributed by atoms with E-state index in [-0.39, 0.29) is 12.6 Å². The number of nitrogens with zero attached hydrogens (tertiary/aromatic N) is 5. The number of ether oxygens (including phenoxy) is 1. The molecule has 0 bridgehead atoms. The summed E-state index contributed by atoms with van der Waals surface area (Å²) in [4.78, 5) is 26.4. The molecular formula is C20H22N6O4. The number of amides is 1. The van der Waals surface area contributed by atoms with Crippen molar-refractivity contribution in [3.63, 3.8) is 0 Å². The van der Waals surface area contributed by atoms with E-state index in [1.54, 1.807) is 13.0 Å². The van der Waals surface area contributed by atoms with Gasteiger partial charge in [-0.1, -0.05) is 35.5 Å². The number of aliphatic hydroxyl groups is 1. The van der Waals surface area contributed by atoms with Gasteiger partial charge in [-0.3, -0.25) is 4.90 Å². The molecule has 2 aromatic heterocycles. The van der Waals surface area contributed by atoms with Crippen molar-refractivity contribution < 1.29 is 19.2 Å². The largest absolute Gasteiger partial charge is 0.447 e. The molecule has 30 heavy (non-hydrogen) atoms. The van der Waals surface area contributed by atoms with Crippen LogP contribution in [0.25, 0.3) is 0 Å². The molecule has 1 fully saturated rings. The molecule has 0 saturated carbocycles. The number of hydrogen-bond acceptors (Lipinski definition) is 9. The summed E-state index contributed by atoms with van der Waals surface area (Å²) in [5.41, 5.74) is 1.08. The van der Waals surface area contributed by atoms with Gasteiger partial charge in [0.25, 0.3) is 0 Å². The molecule has 4 rings (SSSR count). The van der Waals surface area contributed by atoms with Gasteiger partial charge in [-0.05, 0) is 25.5 Å². The van der Waals surface area contributed by atoms with Gasteiger partial charge in [-0.2, -0.15) is 9.97 Å². The number of hydrogen-bond donors (Lipinski definition) is 2. The van der Waals surface area contributed by atoms with Crippen LogP contribution < -0.4 is 10.2 Å². The summed E-state index contributed by atoms with van der Waals surface area (Å²) < 4.78 is 10.4. The number of carbonyl (C=O) groups is 1. The molecule has 1 aromatic carbocycles. The minimum Gasteiger partial charge on any atom is -0.447 e. The lowest BCUT2D eigenvalue weighted by molar-refractivity contribution is 0.142. The summed E-state index contributed by atoms with van der Waals surface area (Å²) in [5, 5.41) is 17.1. The minimum absolute atomic E-state index is 0.104. The average Bonchev–Trinajstić information content (AvgIpc) is 3.36. The molecule has 10 nitrogen and oxygen atoms in total. The molecule has 1 saturated heterocycles. The van der Waals surface area contributed by atoms with Gasteiger partial charge < -0.3 is 19.7 Å². The van der Waals surface area contributed by atoms with Gasteiger partial charge in [0.1, 0.15) is 18.5 Å². The molecule has 1 aliphatic rings. The fourth-order valence-electron chi connectivity index (χ4n) is 3.15. The first kappa shape index (κ1) is 19.8. The van der Waals surface area contributed by atoms with Crippen molar-refractivity contribution in [2.75, 3.05) is 16.8 Å². The Hall–Kier alpha value is -3.53. The van der Waals surface area contributed by atoms with Crippen LogP contribution in [0.15, 0.2) is 47.1 Å². The van der Waals surface area contributed by atoms with Crippen molar-refractivity contribution >= 4 is 17.9 Å². The smallest absolute Gasteiger partial charge is 0.416 e. The van der Waals surface area contributed by atoms with E-state index < -0.39 is 18.2 Å². The first-order chi connectivity index (χ1) is 14.5. The van der Waals surface area contributed by atoms with Gasteiger partial charge in [0.05, 0.1) is 18.6 Å². The average molecular weight is 410 g/mol. The summed E-state index contributed by atoms with van der Waals surface area (Å²) in [7, 11) is 0. The molecule has 0 radical (unpaired) electrons. The quantitative estimate of drug-likeness (QED) is 0.603. The second-order valence-corrected chi connectivity index (χ2v) is 7.07. The van der Waals surface area contributed by atoms with Gasteiger partial charge in [0.2, 0.25) is 11.8 Å². The summed E-state index contributed by atoms with van der Waals surface area (Å²) in [5.74, 6) is 1.61. The molecule has 1 amide bonds. The Labute approximate surface area is 172 Å². The van der Waals surface area contributed by atoms with Crippen LogP contribution in [0.5, 0.6) is 0 Å². The Balaban J connectivity index is 1.46. The van der Waals surface area contributed by atoms with Crippen molar-refractivity contribution in [1.82, 2.24) is 20.1 Å². The van der Waals surface area contributed by atoms with E-state index in [9.17, 15) is 9.90 Å². The van der Waals surface area contributed by atoms with Gasteiger partial charge in [0.15, 0.2) is 5.82 Å². The van der Waals surface area contributed by atoms with Gasteiger partial charge in [0, 0.05) is 6.20 Å². The second-order valence-electron chi connectivity index (χ2n) is 7.07. The molecular weight excluding hydrogens is 388 g/mol. The first-order valence-corrected chi connectivity index (χ1v) is 9.61. The molecule has 3 atom stereocenters. The molecule has 2 unspecified atom stereocenters. The number of nitrogens with one attached hydrogen (secondary N) is 1. The van der Waals surface area contributed by atoms with E-state index in [0.717, 1.165) is 5.56 Å². The van der Waals surface area contributed by atoms with E-state index in [0.29, 0.717) is 29.9 Å². The van der Waals surface area contributed by atoms with Crippen molar-refractivity contribution in [3.05, 3.63) is 59.9 Å². The molecule has 156 valence electrons. The monoisotopic (exact) mass is 410 g/mol. The molecule has 0 aliphatic carbocycles. The lowest BCUT2D eigenvalue weighted by Gasteiger charge is -2.22. The maximum Gasteiger partial charge on any atom is 0.416 e. The van der Waals surface area contributed by atoms with Crippen LogP contribution in [-0.2, 0) is 11.2 Å². The van der Waals surface area contributed by atoms with Crippen LogP contribution in [0.3, 0.4) is 0 Å². The molecule has 1 aliphatic heterocycles. The molecule has 3 heterocycles. The van der Waals surface area contributed by atoms with Gasteiger partial charge in [-0.15, -0.1) is 0 Å². The van der Waals surface area contributed by atoms with Crippen LogP contribution >= 0.6 is 0 Å². The van der Waals surface area contributed by atoms with E-state index in [1.807, 2.05) is 37.3 Å². The van der Waals surface area contributed by atoms with Crippen molar-refractivity contribution in [3.8, 4) is 0 Å². The van der Waals surface area contributed by atoms with E-state index in [2.05, 4.69) is 25.4 Å². The van der Waals surface area contributed by atoms with E-state index >= 15 is 0 Å². The Morgan fingerprint density at radius 2 is 2.03 bits per heavy atom. The summed E-state index contributed by atoms with van der Waals surface area (Å²) in [6.45, 7) is 3.56. The Morgan fingerprint density at radius 1 is 1.23 bits per heavy atom. The lowest BCUT2D eigenvalue weighted by Crippen LogP contribution is -2.41. The zero-order valence-electron chi connectivity index (χ0n) is 16.6. The summed E-state index contributed by atoms with van der Waals surface area (Å²) in [6.07, 6.45) is 0.759. The Morgan fingerprint density at radius 3 is 2.80 bits per heavy atom. The highest BCUT2D eigenvalue weighted by atomic mass is 16.6. The maximum atomic E-state index is 12.1. The normalized spacial score (nSPS) is 18.2. The fourth-order valence-corrected chi connectivity index (χ4v) is 3.15. The van der Waals surface area contributed by atoms with Crippen LogP contribution in [0.4, 0.5) is 16.6 Å². The zero-order valence-corrected chi connectivity index (χ0v) is 16.6. The minimum atomic E-state index is -0.760. The summed E-state index contributed by atoms with van der Waals surface area (Å²) >= 11 is 0. The molecule has 0 spiro atoms. The highest BCUT2D eigenvalue weighted by Crippen LogP contribution is 2.24. The molecule has 10 heteroatoms. The number of aliphatic hydroxyl groups excluding tert-OH is 1. The number of rotatable bonds is 7. The topological polar surface area (TPSA) is 127 Å². The SMILES string of the molecule is CC(Nc1nccc(N2C(=O)OCC2[C@@H](C)O)n1)c1noc(Cc2ccccc2)n1. The van der Waals surface area contributed by atoms with Gasteiger partial charge >= 0.3 is 6.09 Å². The predicted molar refractivity (Wildman–Crippen MR) is 107 cm³/mol. The van der Waals surface area contributed by atoms with Gasteiger partial charge in [-0.25, -0.2) is 9.78 Å². The maximum absolute atomic E-state index is 12.1. The van der Waals surface area contributed by atoms with Crippen LogP contribution in [0, 0.1) is 0 Å². The molecule has 3 aromatic rings. The number of cyclic esters (lactones) is 1. The number of anilines is 2. The Bertz CT molecular complexity index is 1010. The van der Waals surface area contributed by atoms with Crippen molar-refractivity contribution in [2.45, 2.75) is 38.5 Å². The standard InChI is InChI=1S/C20H22N6O4/c1-12(18-24-17(30-25-18)10-14-6-4-3-5-7-14)22-19-21-9-8-16(23-19)26-15(13(2)27)11-29-20(26)28/h3-9,12-13,15,27H,10-11H2,1-2H3,(H,21,22,23)/t12?,13-,15?/m1/s1. The molecule has 2 N–H and O–H groups in total. The highest BCUT2D eigenvalue weighted by Gasteiger charge is 2.38. The van der Waals surface area contributed by atoms with Crippen LogP contribution in [0.2, 0.25) is 0 Å². The lowest BCUT2D eigenvalue weighted by atomic mass is 10.1. The third-order valence-electron chi connectivity index (χ3n) is 4.77. The number of carbonyl (C=O) groups excluding carboxylic acids is 1. The highest BCUT2D eigenvalue weighted by molar-refractivity contribution is 5.89. The van der Waals surface area contributed by atoms with E-state index in [1.165, 1.54) is 11.1 Å². The number of benzene rings is 1. The van der Waals surface area contributed by atoms with Crippen molar-refractivity contribution in [1.29, 1.82) is 0 Å². The Kier molecular flexibility index (Phi) is 5.57. The predicted octanol–water partition coefficient (Wildman–Crippen LogP) is 2.33. The first-order valence-electron chi connectivity index (χ1n) is 9.61.